The van der Waals surface area contributed by atoms with Crippen molar-refractivity contribution >= 4 is 32.9 Å². The van der Waals surface area contributed by atoms with E-state index in [4.69, 9.17) is 10.2 Å². The number of primary amides is 1. The Balaban J connectivity index is 1.78. The van der Waals surface area contributed by atoms with Gasteiger partial charge in [-0.3, -0.25) is 9.69 Å². The quantitative estimate of drug-likeness (QED) is 0.664. The van der Waals surface area contributed by atoms with Crippen LogP contribution in [-0.2, 0) is 6.54 Å². The molecule has 0 saturated carbocycles. The van der Waals surface area contributed by atoms with Crippen molar-refractivity contribution in [3.05, 3.63) is 51.5 Å². The molecular weight excluding hydrogens is 406 g/mol. The molecule has 5 nitrogen and oxygen atoms in total. The molecule has 0 bridgehead atoms. The maximum absolute atomic E-state index is 12.0. The van der Waals surface area contributed by atoms with Gasteiger partial charge in [0.2, 0.25) is 5.89 Å². The zero-order valence-electron chi connectivity index (χ0n) is 15.5. The smallest absolute Gasteiger partial charge is 0.252 e. The molecule has 0 unspecified atom stereocenters. The van der Waals surface area contributed by atoms with Gasteiger partial charge in [-0.15, -0.1) is 0 Å². The molecule has 1 atom stereocenters. The first-order chi connectivity index (χ1) is 12.9. The lowest BCUT2D eigenvalue weighted by atomic mass is 10.1. The highest BCUT2D eigenvalue weighted by Gasteiger charge is 2.21. The van der Waals surface area contributed by atoms with Crippen molar-refractivity contribution in [1.82, 2.24) is 9.88 Å². The summed E-state index contributed by atoms with van der Waals surface area (Å²) in [4.78, 5) is 19.1. The van der Waals surface area contributed by atoms with Crippen LogP contribution in [0.5, 0.6) is 0 Å². The number of nitrogens with zero attached hydrogens (tertiary/aromatic N) is 2. The van der Waals surface area contributed by atoms with E-state index in [1.165, 1.54) is 6.42 Å². The Kier molecular flexibility index (Phi) is 4.78. The van der Waals surface area contributed by atoms with Crippen molar-refractivity contribution in [2.24, 2.45) is 11.7 Å². The van der Waals surface area contributed by atoms with E-state index < -0.39 is 5.91 Å². The molecule has 2 N–H and O–H groups in total. The number of hydrogen-bond acceptors (Lipinski definition) is 4. The van der Waals surface area contributed by atoms with E-state index in [-0.39, 0.29) is 0 Å². The lowest BCUT2D eigenvalue weighted by Crippen LogP contribution is -2.20. The molecule has 1 aromatic heterocycles. The van der Waals surface area contributed by atoms with E-state index >= 15 is 0 Å². The number of hydrogen-bond donors (Lipinski definition) is 1. The van der Waals surface area contributed by atoms with Gasteiger partial charge in [-0.25, -0.2) is 4.98 Å². The molecule has 1 saturated heterocycles. The van der Waals surface area contributed by atoms with E-state index in [0.717, 1.165) is 40.8 Å². The van der Waals surface area contributed by atoms with Crippen molar-refractivity contribution < 1.29 is 9.21 Å². The first kappa shape index (κ1) is 18.2. The van der Waals surface area contributed by atoms with Gasteiger partial charge in [0.25, 0.3) is 5.91 Å². The van der Waals surface area contributed by atoms with Gasteiger partial charge in [-0.2, -0.15) is 0 Å². The van der Waals surface area contributed by atoms with Crippen molar-refractivity contribution in [2.75, 3.05) is 13.1 Å². The minimum absolute atomic E-state index is 0.390. The van der Waals surface area contributed by atoms with Crippen LogP contribution in [0.25, 0.3) is 22.6 Å². The maximum atomic E-state index is 12.0. The number of halogens is 1. The molecule has 1 amide bonds. The topological polar surface area (TPSA) is 72.4 Å². The number of oxazole rings is 1. The van der Waals surface area contributed by atoms with Crippen LogP contribution in [0.2, 0.25) is 0 Å². The van der Waals surface area contributed by atoms with Crippen LogP contribution in [0.3, 0.4) is 0 Å². The SMILES string of the molecule is Cc1c(Br)cccc1-c1nc2cc(CN3CC[C@@H](C)C3)cc(C(N)=O)c2o1. The summed E-state index contributed by atoms with van der Waals surface area (Å²) >= 11 is 3.54. The molecule has 3 aromatic rings. The highest BCUT2D eigenvalue weighted by molar-refractivity contribution is 9.10. The summed E-state index contributed by atoms with van der Waals surface area (Å²) in [6.45, 7) is 7.21. The fourth-order valence-electron chi connectivity index (χ4n) is 3.75. The normalized spacial score (nSPS) is 17.7. The molecule has 4 rings (SSSR count). The lowest BCUT2D eigenvalue weighted by Gasteiger charge is -2.15. The molecule has 0 spiro atoms. The number of likely N-dealkylation sites (tertiary alicyclic amines) is 1. The molecule has 2 aromatic carbocycles. The van der Waals surface area contributed by atoms with Crippen LogP contribution in [0.1, 0.15) is 34.8 Å². The van der Waals surface area contributed by atoms with Gasteiger partial charge in [-0.05, 0) is 61.2 Å². The number of rotatable bonds is 4. The van der Waals surface area contributed by atoms with E-state index in [1.807, 2.05) is 37.3 Å². The fourth-order valence-corrected chi connectivity index (χ4v) is 4.11. The van der Waals surface area contributed by atoms with Crippen LogP contribution < -0.4 is 5.73 Å². The molecule has 1 aliphatic rings. The van der Waals surface area contributed by atoms with E-state index in [0.29, 0.717) is 28.5 Å². The number of aromatic nitrogens is 1. The van der Waals surface area contributed by atoms with Crippen LogP contribution in [0.4, 0.5) is 0 Å². The summed E-state index contributed by atoms with van der Waals surface area (Å²) < 4.78 is 6.97. The highest BCUT2D eigenvalue weighted by Crippen LogP contribution is 2.32. The van der Waals surface area contributed by atoms with Crippen molar-refractivity contribution in [3.8, 4) is 11.5 Å². The second kappa shape index (κ2) is 7.09. The molecular formula is C21H22BrN3O2. The summed E-state index contributed by atoms with van der Waals surface area (Å²) in [5.41, 5.74) is 10.1. The molecule has 2 heterocycles. The van der Waals surface area contributed by atoms with Gasteiger partial charge in [0.05, 0.1) is 5.56 Å². The predicted octanol–water partition coefficient (Wildman–Crippen LogP) is 4.51. The van der Waals surface area contributed by atoms with Gasteiger partial charge in [0.1, 0.15) is 5.52 Å². The number of benzene rings is 2. The largest absolute Gasteiger partial charge is 0.435 e. The molecule has 0 aliphatic carbocycles. The van der Waals surface area contributed by atoms with E-state index in [9.17, 15) is 4.79 Å². The van der Waals surface area contributed by atoms with Crippen LogP contribution in [0, 0.1) is 12.8 Å². The average molecular weight is 428 g/mol. The van der Waals surface area contributed by atoms with E-state index in [1.54, 1.807) is 0 Å². The summed E-state index contributed by atoms with van der Waals surface area (Å²) in [5.74, 6) is 0.714. The third-order valence-corrected chi connectivity index (χ3v) is 6.09. The Morgan fingerprint density at radius 2 is 2.22 bits per heavy atom. The molecule has 1 fully saturated rings. The molecule has 27 heavy (non-hydrogen) atoms. The Hall–Kier alpha value is -2.18. The number of fused-ring (bicyclic) bond motifs is 1. The van der Waals surface area contributed by atoms with Crippen molar-refractivity contribution in [1.29, 1.82) is 0 Å². The number of carbonyl (C=O) groups excluding carboxylic acids is 1. The van der Waals surface area contributed by atoms with E-state index in [2.05, 4.69) is 32.7 Å². The first-order valence-electron chi connectivity index (χ1n) is 9.13. The minimum atomic E-state index is -0.495. The third-order valence-electron chi connectivity index (χ3n) is 5.23. The fraction of sp³-hybridized carbons (Fsp3) is 0.333. The molecule has 0 radical (unpaired) electrons. The standard InChI is InChI=1S/C21H22BrN3O2/c1-12-6-7-25(10-12)11-14-8-16(20(23)26)19-18(9-14)24-21(27-19)15-4-3-5-17(22)13(15)2/h3-5,8-9,12H,6-7,10-11H2,1-2H3,(H2,23,26)/t12-/m1/s1. The summed E-state index contributed by atoms with van der Waals surface area (Å²) in [5, 5.41) is 0. The summed E-state index contributed by atoms with van der Waals surface area (Å²) in [6, 6.07) is 9.73. The Morgan fingerprint density at radius 1 is 1.41 bits per heavy atom. The van der Waals surface area contributed by atoms with Gasteiger partial charge < -0.3 is 10.2 Å². The predicted molar refractivity (Wildman–Crippen MR) is 109 cm³/mol. The lowest BCUT2D eigenvalue weighted by molar-refractivity contribution is 0.100. The average Bonchev–Trinajstić information content (AvgIpc) is 3.22. The van der Waals surface area contributed by atoms with Crippen molar-refractivity contribution in [2.45, 2.75) is 26.8 Å². The number of amides is 1. The Morgan fingerprint density at radius 3 is 2.93 bits per heavy atom. The second-order valence-corrected chi connectivity index (χ2v) is 8.27. The van der Waals surface area contributed by atoms with Crippen LogP contribution >= 0.6 is 15.9 Å². The van der Waals surface area contributed by atoms with Gasteiger partial charge >= 0.3 is 0 Å². The minimum Gasteiger partial charge on any atom is -0.435 e. The van der Waals surface area contributed by atoms with Gasteiger partial charge in [0.15, 0.2) is 5.58 Å². The Bertz CT molecular complexity index is 1030. The number of nitrogens with two attached hydrogens (primary N) is 1. The van der Waals surface area contributed by atoms with Gasteiger partial charge in [0, 0.05) is 23.1 Å². The monoisotopic (exact) mass is 427 g/mol. The maximum Gasteiger partial charge on any atom is 0.252 e. The summed E-state index contributed by atoms with van der Waals surface area (Å²) in [7, 11) is 0. The zero-order chi connectivity index (χ0) is 19.1. The first-order valence-corrected chi connectivity index (χ1v) is 9.93. The van der Waals surface area contributed by atoms with Gasteiger partial charge in [-0.1, -0.05) is 28.9 Å². The number of carbonyl (C=O) groups is 1. The zero-order valence-corrected chi connectivity index (χ0v) is 17.0. The second-order valence-electron chi connectivity index (χ2n) is 7.42. The Labute approximate surface area is 166 Å². The summed E-state index contributed by atoms with van der Waals surface area (Å²) in [6.07, 6.45) is 1.21. The van der Waals surface area contributed by atoms with Crippen LogP contribution in [0.15, 0.2) is 39.2 Å². The van der Waals surface area contributed by atoms with Crippen LogP contribution in [-0.4, -0.2) is 28.9 Å². The third kappa shape index (κ3) is 3.51. The van der Waals surface area contributed by atoms with Crippen molar-refractivity contribution in [3.63, 3.8) is 0 Å². The molecule has 6 heteroatoms. The molecule has 1 aliphatic heterocycles. The molecule has 140 valence electrons. The highest BCUT2D eigenvalue weighted by atomic mass is 79.9.